The second-order valence-electron chi connectivity index (χ2n) is 6.12. The minimum absolute atomic E-state index is 0.0954. The molecule has 1 saturated heterocycles. The minimum atomic E-state index is 0.0954. The van der Waals surface area contributed by atoms with Gasteiger partial charge in [-0.3, -0.25) is 4.79 Å². The number of thiazole rings is 1. The Bertz CT molecular complexity index is 761. The lowest BCUT2D eigenvalue weighted by atomic mass is 9.99. The molecule has 23 heavy (non-hydrogen) atoms. The standard InChI is InChI=1S/C19H20N2OS/c1-14-8-10-21(11-9-14)19(22)17-13-20-18(23-17)7-6-16-5-3-4-15(2)12-16/h3-5,12-14H,8-11H2,1-2H3. The molecule has 2 aromatic rings. The zero-order valence-corrected chi connectivity index (χ0v) is 14.3. The molecule has 0 spiro atoms. The van der Waals surface area contributed by atoms with Gasteiger partial charge in [0.15, 0.2) is 5.01 Å². The number of hydrogen-bond donors (Lipinski definition) is 0. The molecule has 1 aliphatic rings. The molecule has 0 saturated carbocycles. The van der Waals surface area contributed by atoms with E-state index in [-0.39, 0.29) is 5.91 Å². The number of likely N-dealkylation sites (tertiary alicyclic amines) is 1. The van der Waals surface area contributed by atoms with Crippen LogP contribution in [0.25, 0.3) is 0 Å². The Hall–Kier alpha value is -2.12. The molecular formula is C19H20N2OS. The first-order valence-electron chi connectivity index (χ1n) is 7.95. The van der Waals surface area contributed by atoms with Crippen LogP contribution in [-0.2, 0) is 0 Å². The molecule has 2 heterocycles. The number of benzene rings is 1. The molecule has 1 aliphatic heterocycles. The fraction of sp³-hybridized carbons (Fsp3) is 0.368. The van der Waals surface area contributed by atoms with Gasteiger partial charge in [-0.05, 0) is 49.3 Å². The number of hydrogen-bond acceptors (Lipinski definition) is 3. The molecule has 0 aliphatic carbocycles. The van der Waals surface area contributed by atoms with E-state index in [4.69, 9.17) is 0 Å². The molecule has 4 heteroatoms. The maximum absolute atomic E-state index is 12.5. The molecular weight excluding hydrogens is 304 g/mol. The number of aryl methyl sites for hydroxylation is 1. The summed E-state index contributed by atoms with van der Waals surface area (Å²) in [5, 5.41) is 0.695. The van der Waals surface area contributed by atoms with Crippen molar-refractivity contribution < 1.29 is 4.79 Å². The molecule has 0 atom stereocenters. The third kappa shape index (κ3) is 4.00. The van der Waals surface area contributed by atoms with E-state index in [0.717, 1.165) is 37.4 Å². The van der Waals surface area contributed by atoms with Gasteiger partial charge in [0.2, 0.25) is 0 Å². The Labute approximate surface area is 141 Å². The van der Waals surface area contributed by atoms with Crippen molar-refractivity contribution in [1.29, 1.82) is 0 Å². The number of piperidine rings is 1. The summed E-state index contributed by atoms with van der Waals surface area (Å²) in [4.78, 5) is 19.4. The SMILES string of the molecule is Cc1cccc(C#Cc2ncc(C(=O)N3CCC(C)CC3)s2)c1. The molecule has 3 rings (SSSR count). The van der Waals surface area contributed by atoms with Gasteiger partial charge in [0.1, 0.15) is 4.88 Å². The van der Waals surface area contributed by atoms with Crippen molar-refractivity contribution in [3.63, 3.8) is 0 Å². The van der Waals surface area contributed by atoms with E-state index in [2.05, 4.69) is 23.7 Å². The predicted molar refractivity (Wildman–Crippen MR) is 93.6 cm³/mol. The van der Waals surface area contributed by atoms with Crippen molar-refractivity contribution in [2.75, 3.05) is 13.1 Å². The quantitative estimate of drug-likeness (QED) is 0.749. The molecule has 3 nitrogen and oxygen atoms in total. The van der Waals surface area contributed by atoms with Crippen LogP contribution >= 0.6 is 11.3 Å². The van der Waals surface area contributed by atoms with Crippen molar-refractivity contribution in [1.82, 2.24) is 9.88 Å². The minimum Gasteiger partial charge on any atom is -0.338 e. The lowest BCUT2D eigenvalue weighted by molar-refractivity contribution is 0.0702. The van der Waals surface area contributed by atoms with Crippen molar-refractivity contribution in [3.8, 4) is 11.8 Å². The number of rotatable bonds is 1. The van der Waals surface area contributed by atoms with Crippen LogP contribution in [0, 0.1) is 24.7 Å². The first kappa shape index (κ1) is 15.8. The second kappa shape index (κ2) is 6.97. The Kier molecular flexibility index (Phi) is 4.78. The third-order valence-corrected chi connectivity index (χ3v) is 5.02. The zero-order valence-electron chi connectivity index (χ0n) is 13.5. The second-order valence-corrected chi connectivity index (χ2v) is 7.15. The van der Waals surface area contributed by atoms with Gasteiger partial charge >= 0.3 is 0 Å². The van der Waals surface area contributed by atoms with Crippen molar-refractivity contribution in [2.45, 2.75) is 26.7 Å². The normalized spacial score (nSPS) is 15.1. The maximum atomic E-state index is 12.5. The summed E-state index contributed by atoms with van der Waals surface area (Å²) in [5.74, 6) is 6.99. The zero-order chi connectivity index (χ0) is 16.2. The van der Waals surface area contributed by atoms with Crippen LogP contribution in [0.3, 0.4) is 0 Å². The number of aromatic nitrogens is 1. The molecule has 1 fully saturated rings. The summed E-state index contributed by atoms with van der Waals surface area (Å²) >= 11 is 1.38. The monoisotopic (exact) mass is 324 g/mol. The first-order chi connectivity index (χ1) is 11.1. The number of nitrogens with zero attached hydrogens (tertiary/aromatic N) is 2. The summed E-state index contributed by atoms with van der Waals surface area (Å²) in [6.45, 7) is 5.99. The van der Waals surface area contributed by atoms with Crippen LogP contribution in [0.4, 0.5) is 0 Å². The van der Waals surface area contributed by atoms with Gasteiger partial charge in [-0.25, -0.2) is 4.98 Å². The van der Waals surface area contributed by atoms with Gasteiger partial charge in [0.05, 0.1) is 6.20 Å². The van der Waals surface area contributed by atoms with Gasteiger partial charge in [-0.1, -0.05) is 25.0 Å². The van der Waals surface area contributed by atoms with Crippen molar-refractivity contribution in [3.05, 3.63) is 51.5 Å². The predicted octanol–water partition coefficient (Wildman–Crippen LogP) is 3.72. The van der Waals surface area contributed by atoms with Crippen LogP contribution in [0.15, 0.2) is 30.5 Å². The van der Waals surface area contributed by atoms with E-state index in [0.29, 0.717) is 9.88 Å². The third-order valence-electron chi connectivity index (χ3n) is 4.12. The van der Waals surface area contributed by atoms with Gasteiger partial charge in [-0.2, -0.15) is 0 Å². The molecule has 1 amide bonds. The summed E-state index contributed by atoms with van der Waals surface area (Å²) in [5.41, 5.74) is 2.16. The van der Waals surface area contributed by atoms with Crippen molar-refractivity contribution in [2.24, 2.45) is 5.92 Å². The summed E-state index contributed by atoms with van der Waals surface area (Å²) in [6.07, 6.45) is 3.83. The largest absolute Gasteiger partial charge is 0.338 e. The Morgan fingerprint density at radius 2 is 2.09 bits per heavy atom. The van der Waals surface area contributed by atoms with E-state index in [1.165, 1.54) is 16.9 Å². The van der Waals surface area contributed by atoms with Gasteiger partial charge in [0.25, 0.3) is 5.91 Å². The Morgan fingerprint density at radius 3 is 2.83 bits per heavy atom. The van der Waals surface area contributed by atoms with E-state index < -0.39 is 0 Å². The van der Waals surface area contributed by atoms with Crippen LogP contribution in [0.1, 0.15) is 45.6 Å². The highest BCUT2D eigenvalue weighted by Crippen LogP contribution is 2.20. The molecule has 1 aromatic carbocycles. The van der Waals surface area contributed by atoms with E-state index in [1.54, 1.807) is 6.20 Å². The van der Waals surface area contributed by atoms with E-state index in [9.17, 15) is 4.79 Å². The number of carbonyl (C=O) groups excluding carboxylic acids is 1. The molecule has 118 valence electrons. The number of amides is 1. The highest BCUT2D eigenvalue weighted by molar-refractivity contribution is 7.14. The summed E-state index contributed by atoms with van der Waals surface area (Å²) < 4.78 is 0. The summed E-state index contributed by atoms with van der Waals surface area (Å²) in [7, 11) is 0. The van der Waals surface area contributed by atoms with Crippen LogP contribution in [0.2, 0.25) is 0 Å². The molecule has 0 bridgehead atoms. The van der Waals surface area contributed by atoms with Gasteiger partial charge in [0, 0.05) is 18.7 Å². The molecule has 1 aromatic heterocycles. The lowest BCUT2D eigenvalue weighted by Gasteiger charge is -2.29. The molecule has 0 N–H and O–H groups in total. The average Bonchev–Trinajstić information content (AvgIpc) is 3.02. The van der Waals surface area contributed by atoms with Gasteiger partial charge in [-0.15, -0.1) is 11.3 Å². The van der Waals surface area contributed by atoms with E-state index in [1.807, 2.05) is 36.1 Å². The van der Waals surface area contributed by atoms with Crippen LogP contribution < -0.4 is 0 Å². The van der Waals surface area contributed by atoms with Crippen molar-refractivity contribution >= 4 is 17.2 Å². The summed E-state index contributed by atoms with van der Waals surface area (Å²) in [6, 6.07) is 8.06. The fourth-order valence-electron chi connectivity index (χ4n) is 2.65. The molecule has 0 radical (unpaired) electrons. The number of carbonyl (C=O) groups is 1. The maximum Gasteiger partial charge on any atom is 0.265 e. The van der Waals surface area contributed by atoms with E-state index >= 15 is 0 Å². The van der Waals surface area contributed by atoms with Gasteiger partial charge < -0.3 is 4.90 Å². The Balaban J connectivity index is 1.70. The molecule has 0 unspecified atom stereocenters. The smallest absolute Gasteiger partial charge is 0.265 e. The first-order valence-corrected chi connectivity index (χ1v) is 8.77. The average molecular weight is 324 g/mol. The van der Waals surface area contributed by atoms with Crippen LogP contribution in [-0.4, -0.2) is 28.9 Å². The highest BCUT2D eigenvalue weighted by Gasteiger charge is 2.22. The lowest BCUT2D eigenvalue weighted by Crippen LogP contribution is -2.37. The Morgan fingerprint density at radius 1 is 1.30 bits per heavy atom. The topological polar surface area (TPSA) is 33.2 Å². The fourth-order valence-corrected chi connectivity index (χ4v) is 3.38. The van der Waals surface area contributed by atoms with Crippen LogP contribution in [0.5, 0.6) is 0 Å². The highest BCUT2D eigenvalue weighted by atomic mass is 32.1.